The molecule has 3 rings (SSSR count). The largest absolute Gasteiger partial charge is 0.398 e. The Balaban J connectivity index is 1.86. The summed E-state index contributed by atoms with van der Waals surface area (Å²) in [4.78, 5) is 2.46. The van der Waals surface area contributed by atoms with Crippen molar-refractivity contribution in [1.29, 1.82) is 0 Å². The number of para-hydroxylation sites is 1. The zero-order chi connectivity index (χ0) is 13.2. The second-order valence-electron chi connectivity index (χ2n) is 5.01. The highest BCUT2D eigenvalue weighted by Crippen LogP contribution is 2.29. The number of nitrogens with zero attached hydrogens (tertiary/aromatic N) is 1. The molecule has 19 heavy (non-hydrogen) atoms. The molecule has 0 unspecified atom stereocenters. The van der Waals surface area contributed by atoms with Gasteiger partial charge in [0.1, 0.15) is 0 Å². The van der Waals surface area contributed by atoms with E-state index in [1.165, 1.54) is 29.7 Å². The van der Waals surface area contributed by atoms with E-state index in [4.69, 9.17) is 5.73 Å². The summed E-state index contributed by atoms with van der Waals surface area (Å²) in [5.74, 6) is 0. The van der Waals surface area contributed by atoms with Crippen molar-refractivity contribution in [3.63, 3.8) is 0 Å². The highest BCUT2D eigenvalue weighted by atomic mass is 79.9. The van der Waals surface area contributed by atoms with Crippen molar-refractivity contribution in [2.45, 2.75) is 19.4 Å². The van der Waals surface area contributed by atoms with E-state index in [9.17, 15) is 0 Å². The number of benzene rings is 2. The standard InChI is InChI=1S/C16H17BrN2/c17-14-10-12(7-8-15(14)18)11-19-9-3-5-13-4-1-2-6-16(13)19/h1-2,4,6-8,10H,3,5,9,11,18H2. The van der Waals surface area contributed by atoms with Gasteiger partial charge < -0.3 is 10.6 Å². The van der Waals surface area contributed by atoms with Crippen LogP contribution in [0.1, 0.15) is 17.5 Å². The summed E-state index contributed by atoms with van der Waals surface area (Å²) in [6.07, 6.45) is 2.42. The van der Waals surface area contributed by atoms with E-state index < -0.39 is 0 Å². The summed E-state index contributed by atoms with van der Waals surface area (Å²) in [7, 11) is 0. The van der Waals surface area contributed by atoms with Gasteiger partial charge in [0.05, 0.1) is 0 Å². The minimum atomic E-state index is 0.794. The van der Waals surface area contributed by atoms with E-state index in [2.05, 4.69) is 57.2 Å². The Labute approximate surface area is 122 Å². The van der Waals surface area contributed by atoms with Gasteiger partial charge in [-0.15, -0.1) is 0 Å². The molecule has 0 aromatic heterocycles. The number of rotatable bonds is 2. The normalized spacial score (nSPS) is 14.3. The molecule has 0 aliphatic carbocycles. The number of fused-ring (bicyclic) bond motifs is 1. The smallest absolute Gasteiger partial charge is 0.0458 e. The number of hydrogen-bond donors (Lipinski definition) is 1. The third kappa shape index (κ3) is 2.61. The topological polar surface area (TPSA) is 29.3 Å². The maximum absolute atomic E-state index is 5.84. The van der Waals surface area contributed by atoms with Gasteiger partial charge in [-0.3, -0.25) is 0 Å². The van der Waals surface area contributed by atoms with Crippen LogP contribution in [0.25, 0.3) is 0 Å². The third-order valence-corrected chi connectivity index (χ3v) is 4.33. The molecule has 0 spiro atoms. The lowest BCUT2D eigenvalue weighted by atomic mass is 10.0. The van der Waals surface area contributed by atoms with Crippen LogP contribution in [0.5, 0.6) is 0 Å². The second kappa shape index (κ2) is 5.25. The Morgan fingerprint density at radius 2 is 2.00 bits per heavy atom. The molecule has 98 valence electrons. The number of anilines is 2. The molecule has 3 heteroatoms. The first-order valence-electron chi connectivity index (χ1n) is 6.61. The molecule has 0 atom stereocenters. The summed E-state index contributed by atoms with van der Waals surface area (Å²) in [6, 6.07) is 14.9. The van der Waals surface area contributed by atoms with Crippen molar-refractivity contribution >= 4 is 27.3 Å². The number of nitrogen functional groups attached to an aromatic ring is 1. The Morgan fingerprint density at radius 3 is 2.84 bits per heavy atom. The fourth-order valence-corrected chi connectivity index (χ4v) is 3.09. The molecule has 0 radical (unpaired) electrons. The molecule has 2 aromatic rings. The first-order chi connectivity index (χ1) is 9.24. The Hall–Kier alpha value is -1.48. The van der Waals surface area contributed by atoms with Gasteiger partial charge in [0.25, 0.3) is 0 Å². The summed E-state index contributed by atoms with van der Waals surface area (Å²) in [6.45, 7) is 2.06. The van der Waals surface area contributed by atoms with Crippen LogP contribution in [-0.4, -0.2) is 6.54 Å². The fourth-order valence-electron chi connectivity index (χ4n) is 2.67. The maximum Gasteiger partial charge on any atom is 0.0458 e. The van der Waals surface area contributed by atoms with Crippen LogP contribution in [0.2, 0.25) is 0 Å². The van der Waals surface area contributed by atoms with Crippen molar-refractivity contribution in [2.75, 3.05) is 17.2 Å². The monoisotopic (exact) mass is 316 g/mol. The quantitative estimate of drug-likeness (QED) is 0.849. The predicted octanol–water partition coefficient (Wildman–Crippen LogP) is 3.98. The summed E-state index contributed by atoms with van der Waals surface area (Å²) in [5, 5.41) is 0. The Kier molecular flexibility index (Phi) is 3.47. The lowest BCUT2D eigenvalue weighted by Crippen LogP contribution is -2.28. The number of hydrogen-bond acceptors (Lipinski definition) is 2. The van der Waals surface area contributed by atoms with Gasteiger partial charge >= 0.3 is 0 Å². The van der Waals surface area contributed by atoms with E-state index in [-0.39, 0.29) is 0 Å². The van der Waals surface area contributed by atoms with Gasteiger partial charge in [-0.1, -0.05) is 24.3 Å². The van der Waals surface area contributed by atoms with Crippen LogP contribution in [-0.2, 0) is 13.0 Å². The zero-order valence-electron chi connectivity index (χ0n) is 10.8. The average Bonchev–Trinajstić information content (AvgIpc) is 2.43. The minimum absolute atomic E-state index is 0.794. The van der Waals surface area contributed by atoms with Crippen molar-refractivity contribution in [3.8, 4) is 0 Å². The molecule has 0 fully saturated rings. The van der Waals surface area contributed by atoms with E-state index in [1.54, 1.807) is 0 Å². The SMILES string of the molecule is Nc1ccc(CN2CCCc3ccccc32)cc1Br. The molecule has 0 amide bonds. The summed E-state index contributed by atoms with van der Waals surface area (Å²) >= 11 is 3.50. The lowest BCUT2D eigenvalue weighted by molar-refractivity contribution is 0.691. The van der Waals surface area contributed by atoms with Crippen LogP contribution in [0, 0.1) is 0 Å². The van der Waals surface area contributed by atoms with Gasteiger partial charge in [-0.25, -0.2) is 0 Å². The second-order valence-corrected chi connectivity index (χ2v) is 5.86. The van der Waals surface area contributed by atoms with Crippen LogP contribution in [0.15, 0.2) is 46.9 Å². The van der Waals surface area contributed by atoms with Gasteiger partial charge in [-0.2, -0.15) is 0 Å². The number of aryl methyl sites for hydroxylation is 1. The Bertz CT molecular complexity index is 595. The van der Waals surface area contributed by atoms with Gasteiger partial charge in [-0.05, 0) is 58.1 Å². The highest BCUT2D eigenvalue weighted by molar-refractivity contribution is 9.10. The van der Waals surface area contributed by atoms with E-state index in [0.29, 0.717) is 0 Å². The molecule has 2 N–H and O–H groups in total. The van der Waals surface area contributed by atoms with Gasteiger partial charge in [0.15, 0.2) is 0 Å². The molecule has 1 heterocycles. The third-order valence-electron chi connectivity index (χ3n) is 3.64. The van der Waals surface area contributed by atoms with E-state index in [0.717, 1.165) is 23.2 Å². The summed E-state index contributed by atoms with van der Waals surface area (Å²) in [5.41, 5.74) is 10.8. The number of nitrogens with two attached hydrogens (primary N) is 1. The van der Waals surface area contributed by atoms with E-state index >= 15 is 0 Å². The summed E-state index contributed by atoms with van der Waals surface area (Å²) < 4.78 is 0.982. The van der Waals surface area contributed by atoms with Crippen LogP contribution in [0.3, 0.4) is 0 Å². The molecule has 2 aromatic carbocycles. The van der Waals surface area contributed by atoms with E-state index in [1.807, 2.05) is 6.07 Å². The van der Waals surface area contributed by atoms with Crippen LogP contribution in [0.4, 0.5) is 11.4 Å². The maximum atomic E-state index is 5.84. The highest BCUT2D eigenvalue weighted by Gasteiger charge is 2.16. The molecular formula is C16H17BrN2. The number of halogens is 1. The molecule has 0 bridgehead atoms. The lowest BCUT2D eigenvalue weighted by Gasteiger charge is -2.31. The van der Waals surface area contributed by atoms with Crippen LogP contribution < -0.4 is 10.6 Å². The van der Waals surface area contributed by atoms with Crippen molar-refractivity contribution in [3.05, 3.63) is 58.1 Å². The van der Waals surface area contributed by atoms with Crippen LogP contribution >= 0.6 is 15.9 Å². The van der Waals surface area contributed by atoms with Gasteiger partial charge in [0, 0.05) is 28.9 Å². The molecular weight excluding hydrogens is 300 g/mol. The average molecular weight is 317 g/mol. The minimum Gasteiger partial charge on any atom is -0.398 e. The zero-order valence-corrected chi connectivity index (χ0v) is 12.4. The van der Waals surface area contributed by atoms with Crippen molar-refractivity contribution in [1.82, 2.24) is 0 Å². The first-order valence-corrected chi connectivity index (χ1v) is 7.40. The molecule has 0 saturated carbocycles. The Morgan fingerprint density at radius 1 is 1.16 bits per heavy atom. The van der Waals surface area contributed by atoms with Crippen molar-refractivity contribution in [2.24, 2.45) is 0 Å². The fraction of sp³-hybridized carbons (Fsp3) is 0.250. The molecule has 1 aliphatic rings. The first kappa shape index (κ1) is 12.5. The van der Waals surface area contributed by atoms with Gasteiger partial charge in [0.2, 0.25) is 0 Å². The predicted molar refractivity (Wildman–Crippen MR) is 84.4 cm³/mol. The molecule has 0 saturated heterocycles. The molecule has 2 nitrogen and oxygen atoms in total. The van der Waals surface area contributed by atoms with Crippen molar-refractivity contribution < 1.29 is 0 Å². The molecule has 1 aliphatic heterocycles.